The number of hydrogen-bond acceptors (Lipinski definition) is 5. The predicted molar refractivity (Wildman–Crippen MR) is 70.8 cm³/mol. The van der Waals surface area contributed by atoms with Gasteiger partial charge in [-0.05, 0) is 28.9 Å². The van der Waals surface area contributed by atoms with Crippen LogP contribution in [0.25, 0.3) is 0 Å². The fraction of sp³-hybridized carbons (Fsp3) is 0.400. The lowest BCUT2D eigenvalue weighted by atomic mass is 10.3. The van der Waals surface area contributed by atoms with E-state index in [1.165, 1.54) is 29.3 Å². The molecule has 0 aromatic carbocycles. The van der Waals surface area contributed by atoms with E-state index in [-0.39, 0.29) is 16.2 Å². The summed E-state index contributed by atoms with van der Waals surface area (Å²) < 4.78 is 32.7. The van der Waals surface area contributed by atoms with E-state index in [4.69, 9.17) is 4.42 Å². The molecule has 0 radical (unpaired) electrons. The molecule has 0 aliphatic heterocycles. The molecule has 2 heterocycles. The molecule has 19 heavy (non-hydrogen) atoms. The van der Waals surface area contributed by atoms with E-state index in [2.05, 4.69) is 26.2 Å². The maximum absolute atomic E-state index is 12.4. The Hall–Kier alpha value is -1.19. The fourth-order valence-electron chi connectivity index (χ4n) is 1.64. The summed E-state index contributed by atoms with van der Waals surface area (Å²) in [5.74, 6) is 0.698. The van der Waals surface area contributed by atoms with E-state index in [0.29, 0.717) is 5.76 Å². The van der Waals surface area contributed by atoms with Gasteiger partial charge in [-0.15, -0.1) is 5.10 Å². The van der Waals surface area contributed by atoms with Crippen molar-refractivity contribution in [3.05, 3.63) is 28.3 Å². The Morgan fingerprint density at radius 3 is 2.68 bits per heavy atom. The molecule has 2 rings (SSSR count). The second kappa shape index (κ2) is 5.06. The van der Waals surface area contributed by atoms with Gasteiger partial charge in [0, 0.05) is 26.2 Å². The van der Waals surface area contributed by atoms with E-state index in [9.17, 15) is 8.42 Å². The average Bonchev–Trinajstić information content (AvgIpc) is 2.86. The zero-order valence-corrected chi connectivity index (χ0v) is 13.1. The third kappa shape index (κ3) is 2.58. The zero-order chi connectivity index (χ0) is 14.2. The number of hydrogen-bond donors (Lipinski definition) is 0. The number of aryl methyl sites for hydroxylation is 2. The van der Waals surface area contributed by atoms with Gasteiger partial charge in [0.1, 0.15) is 5.76 Å². The van der Waals surface area contributed by atoms with Crippen LogP contribution in [0, 0.1) is 6.92 Å². The SMILES string of the molecule is Cc1occc1CN(C)S(=O)(=O)c1c(Br)nnn1C. The monoisotopic (exact) mass is 348 g/mol. The highest BCUT2D eigenvalue weighted by Crippen LogP contribution is 2.23. The lowest BCUT2D eigenvalue weighted by Crippen LogP contribution is -2.28. The molecule has 0 fully saturated rings. The molecule has 0 N–H and O–H groups in total. The first kappa shape index (κ1) is 14.2. The van der Waals surface area contributed by atoms with Crippen molar-refractivity contribution in [3.8, 4) is 0 Å². The van der Waals surface area contributed by atoms with Gasteiger partial charge in [-0.2, -0.15) is 4.31 Å². The van der Waals surface area contributed by atoms with E-state index in [0.717, 1.165) is 5.56 Å². The van der Waals surface area contributed by atoms with Crippen LogP contribution in [-0.2, 0) is 23.6 Å². The van der Waals surface area contributed by atoms with Crippen molar-refractivity contribution < 1.29 is 12.8 Å². The van der Waals surface area contributed by atoms with Crippen LogP contribution in [0.15, 0.2) is 26.4 Å². The second-order valence-corrected chi connectivity index (χ2v) is 6.78. The molecule has 2 aromatic heterocycles. The molecule has 0 amide bonds. The number of halogens is 1. The summed E-state index contributed by atoms with van der Waals surface area (Å²) >= 11 is 3.09. The first-order valence-electron chi connectivity index (χ1n) is 5.38. The number of sulfonamides is 1. The van der Waals surface area contributed by atoms with Gasteiger partial charge in [0.15, 0.2) is 4.60 Å². The van der Waals surface area contributed by atoms with Crippen molar-refractivity contribution in [1.82, 2.24) is 19.3 Å². The van der Waals surface area contributed by atoms with Gasteiger partial charge in [0.25, 0.3) is 10.0 Å². The van der Waals surface area contributed by atoms with Crippen LogP contribution in [-0.4, -0.2) is 34.8 Å². The van der Waals surface area contributed by atoms with Crippen molar-refractivity contribution in [2.75, 3.05) is 7.05 Å². The molecule has 0 spiro atoms. The van der Waals surface area contributed by atoms with Crippen molar-refractivity contribution in [2.24, 2.45) is 7.05 Å². The van der Waals surface area contributed by atoms with Crippen molar-refractivity contribution in [1.29, 1.82) is 0 Å². The molecule has 0 saturated carbocycles. The minimum atomic E-state index is -3.67. The van der Waals surface area contributed by atoms with Gasteiger partial charge in [0.2, 0.25) is 5.03 Å². The summed E-state index contributed by atoms with van der Waals surface area (Å²) in [6.07, 6.45) is 1.53. The Bertz CT molecular complexity index is 672. The van der Waals surface area contributed by atoms with E-state index < -0.39 is 10.0 Å². The number of nitrogens with zero attached hydrogens (tertiary/aromatic N) is 4. The Morgan fingerprint density at radius 1 is 1.53 bits per heavy atom. The maximum atomic E-state index is 12.4. The molecule has 2 aromatic rings. The minimum absolute atomic E-state index is 0.0242. The summed E-state index contributed by atoms with van der Waals surface area (Å²) in [5.41, 5.74) is 0.817. The van der Waals surface area contributed by atoms with Gasteiger partial charge in [-0.1, -0.05) is 5.21 Å². The first-order valence-corrected chi connectivity index (χ1v) is 7.62. The summed E-state index contributed by atoms with van der Waals surface area (Å²) in [4.78, 5) is 0. The highest BCUT2D eigenvalue weighted by atomic mass is 79.9. The lowest BCUT2D eigenvalue weighted by Gasteiger charge is -2.16. The Morgan fingerprint density at radius 2 is 2.21 bits per heavy atom. The van der Waals surface area contributed by atoms with E-state index in [1.54, 1.807) is 13.0 Å². The maximum Gasteiger partial charge on any atom is 0.263 e. The standard InChI is InChI=1S/C10H13BrN4O3S/c1-7-8(4-5-18-7)6-14(2)19(16,17)10-9(11)12-13-15(10)3/h4-5H,6H2,1-3H3. The molecular weight excluding hydrogens is 336 g/mol. The van der Waals surface area contributed by atoms with Crippen LogP contribution in [0.3, 0.4) is 0 Å². The van der Waals surface area contributed by atoms with Gasteiger partial charge in [-0.25, -0.2) is 13.1 Å². The molecule has 7 nitrogen and oxygen atoms in total. The quantitative estimate of drug-likeness (QED) is 0.831. The van der Waals surface area contributed by atoms with Crippen molar-refractivity contribution >= 4 is 26.0 Å². The highest BCUT2D eigenvalue weighted by molar-refractivity contribution is 9.10. The van der Waals surface area contributed by atoms with Crippen LogP contribution in [0.4, 0.5) is 0 Å². The normalized spacial score (nSPS) is 12.3. The smallest absolute Gasteiger partial charge is 0.263 e. The molecule has 0 bridgehead atoms. The lowest BCUT2D eigenvalue weighted by molar-refractivity contribution is 0.450. The fourth-order valence-corrected chi connectivity index (χ4v) is 3.81. The number of furan rings is 1. The summed E-state index contributed by atoms with van der Waals surface area (Å²) in [6, 6.07) is 1.75. The molecule has 9 heteroatoms. The molecule has 104 valence electrons. The van der Waals surface area contributed by atoms with Gasteiger partial charge in [-0.3, -0.25) is 0 Å². The van der Waals surface area contributed by atoms with Crippen molar-refractivity contribution in [2.45, 2.75) is 18.5 Å². The van der Waals surface area contributed by atoms with Gasteiger partial charge >= 0.3 is 0 Å². The highest BCUT2D eigenvalue weighted by Gasteiger charge is 2.29. The van der Waals surface area contributed by atoms with Crippen LogP contribution in [0.2, 0.25) is 0 Å². The molecule has 0 aliphatic rings. The van der Waals surface area contributed by atoms with Crippen LogP contribution < -0.4 is 0 Å². The summed E-state index contributed by atoms with van der Waals surface area (Å²) in [7, 11) is -0.637. The Balaban J connectivity index is 2.33. The molecule has 0 aliphatic carbocycles. The largest absolute Gasteiger partial charge is 0.469 e. The van der Waals surface area contributed by atoms with Crippen molar-refractivity contribution in [3.63, 3.8) is 0 Å². The van der Waals surface area contributed by atoms with Crippen LogP contribution >= 0.6 is 15.9 Å². The third-order valence-corrected chi connectivity index (χ3v) is 5.44. The molecule has 0 atom stereocenters. The van der Waals surface area contributed by atoms with Gasteiger partial charge in [0.05, 0.1) is 6.26 Å². The van der Waals surface area contributed by atoms with Crippen LogP contribution in [0.1, 0.15) is 11.3 Å². The van der Waals surface area contributed by atoms with E-state index >= 15 is 0 Å². The topological polar surface area (TPSA) is 81.2 Å². The molecular formula is C10H13BrN4O3S. The Kier molecular flexibility index (Phi) is 3.79. The molecule has 0 unspecified atom stereocenters. The number of aromatic nitrogens is 3. The second-order valence-electron chi connectivity index (χ2n) is 4.07. The number of rotatable bonds is 4. The zero-order valence-electron chi connectivity index (χ0n) is 10.7. The third-order valence-electron chi connectivity index (χ3n) is 2.75. The first-order chi connectivity index (χ1) is 8.84. The molecule has 0 saturated heterocycles. The average molecular weight is 349 g/mol. The predicted octanol–water partition coefficient (Wildman–Crippen LogP) is 1.30. The van der Waals surface area contributed by atoms with Gasteiger partial charge < -0.3 is 4.42 Å². The Labute approximate surface area is 119 Å². The van der Waals surface area contributed by atoms with E-state index in [1.807, 2.05) is 0 Å². The summed E-state index contributed by atoms with van der Waals surface area (Å²) in [6.45, 7) is 2.01. The van der Waals surface area contributed by atoms with Crippen LogP contribution in [0.5, 0.6) is 0 Å². The minimum Gasteiger partial charge on any atom is -0.469 e. The summed E-state index contributed by atoms with van der Waals surface area (Å²) in [5, 5.41) is 7.38.